The van der Waals surface area contributed by atoms with Gasteiger partial charge in [-0.15, -0.1) is 0 Å². The monoisotopic (exact) mass is 421 g/mol. The zero-order valence-corrected chi connectivity index (χ0v) is 16.1. The summed E-state index contributed by atoms with van der Waals surface area (Å²) in [6.45, 7) is 4.24. The van der Waals surface area contributed by atoms with Gasteiger partial charge in [-0.2, -0.15) is 10.2 Å². The molecule has 8 heteroatoms. The number of nitrogens with zero attached hydrogens (tertiary/aromatic N) is 4. The molecule has 0 bridgehead atoms. The van der Waals surface area contributed by atoms with E-state index in [0.717, 1.165) is 11.1 Å². The highest BCUT2D eigenvalue weighted by molar-refractivity contribution is 9.10. The number of anilines is 1. The van der Waals surface area contributed by atoms with Crippen molar-refractivity contribution < 1.29 is 4.79 Å². The van der Waals surface area contributed by atoms with Crippen LogP contribution >= 0.6 is 27.5 Å². The summed E-state index contributed by atoms with van der Waals surface area (Å²) in [6, 6.07) is 7.16. The molecule has 0 fully saturated rings. The first-order chi connectivity index (χ1) is 11.9. The zero-order chi connectivity index (χ0) is 18.0. The molecule has 1 aromatic carbocycles. The molecule has 2 aromatic heterocycles. The standard InChI is InChI=1S/C17H17BrClN5O/c1-11-7-20-24(8-11)12(2)17(25)21-16-14(18)10-23(22-16)9-13-5-3-4-6-15(13)19/h3-8,10,12H,9H2,1-2H3,(H,21,22,25). The quantitative estimate of drug-likeness (QED) is 0.674. The van der Waals surface area contributed by atoms with Gasteiger partial charge in [0.05, 0.1) is 17.2 Å². The number of nitrogens with one attached hydrogen (secondary N) is 1. The summed E-state index contributed by atoms with van der Waals surface area (Å²) in [5.41, 5.74) is 1.96. The van der Waals surface area contributed by atoms with Crippen molar-refractivity contribution in [1.29, 1.82) is 0 Å². The van der Waals surface area contributed by atoms with Crippen molar-refractivity contribution in [2.75, 3.05) is 5.32 Å². The van der Waals surface area contributed by atoms with Crippen molar-refractivity contribution in [1.82, 2.24) is 19.6 Å². The van der Waals surface area contributed by atoms with Crippen LogP contribution in [0.5, 0.6) is 0 Å². The van der Waals surface area contributed by atoms with Gasteiger partial charge >= 0.3 is 0 Å². The van der Waals surface area contributed by atoms with E-state index in [0.29, 0.717) is 21.9 Å². The Balaban J connectivity index is 1.72. The molecule has 0 aliphatic heterocycles. The van der Waals surface area contributed by atoms with Gasteiger partial charge in [-0.3, -0.25) is 14.2 Å². The molecule has 130 valence electrons. The molecule has 1 N–H and O–H groups in total. The number of aromatic nitrogens is 4. The van der Waals surface area contributed by atoms with Crippen molar-refractivity contribution in [3.05, 3.63) is 63.5 Å². The first-order valence-corrected chi connectivity index (χ1v) is 8.89. The molecule has 1 amide bonds. The number of hydrogen-bond donors (Lipinski definition) is 1. The smallest absolute Gasteiger partial charge is 0.250 e. The zero-order valence-electron chi connectivity index (χ0n) is 13.8. The van der Waals surface area contributed by atoms with E-state index in [4.69, 9.17) is 11.6 Å². The van der Waals surface area contributed by atoms with Crippen LogP contribution in [0, 0.1) is 6.92 Å². The van der Waals surface area contributed by atoms with E-state index >= 15 is 0 Å². The SMILES string of the molecule is Cc1cnn(C(C)C(=O)Nc2nn(Cc3ccccc3Cl)cc2Br)c1. The summed E-state index contributed by atoms with van der Waals surface area (Å²) in [5.74, 6) is 0.277. The lowest BCUT2D eigenvalue weighted by Gasteiger charge is -2.11. The minimum absolute atomic E-state index is 0.188. The first kappa shape index (κ1) is 17.7. The molecule has 0 saturated heterocycles. The van der Waals surface area contributed by atoms with Gasteiger partial charge in [0.25, 0.3) is 0 Å². The second kappa shape index (κ2) is 7.41. The lowest BCUT2D eigenvalue weighted by atomic mass is 10.2. The van der Waals surface area contributed by atoms with Crippen LogP contribution in [0.4, 0.5) is 5.82 Å². The fraction of sp³-hybridized carbons (Fsp3) is 0.235. The molecule has 1 atom stereocenters. The Morgan fingerprint density at radius 2 is 2.12 bits per heavy atom. The highest BCUT2D eigenvalue weighted by atomic mass is 79.9. The number of carbonyl (C=O) groups is 1. The number of rotatable bonds is 5. The second-order valence-electron chi connectivity index (χ2n) is 5.78. The van der Waals surface area contributed by atoms with Crippen molar-refractivity contribution >= 4 is 39.3 Å². The fourth-order valence-electron chi connectivity index (χ4n) is 2.35. The van der Waals surface area contributed by atoms with E-state index in [1.54, 1.807) is 22.5 Å². The molecule has 0 aliphatic carbocycles. The molecule has 1 unspecified atom stereocenters. The van der Waals surface area contributed by atoms with Crippen LogP contribution in [-0.2, 0) is 11.3 Å². The minimum Gasteiger partial charge on any atom is -0.306 e. The van der Waals surface area contributed by atoms with Gasteiger partial charge in [0, 0.05) is 17.4 Å². The summed E-state index contributed by atoms with van der Waals surface area (Å²) in [6.07, 6.45) is 5.36. The van der Waals surface area contributed by atoms with E-state index in [1.807, 2.05) is 43.6 Å². The predicted octanol–water partition coefficient (Wildman–Crippen LogP) is 4.05. The summed E-state index contributed by atoms with van der Waals surface area (Å²) in [4.78, 5) is 12.4. The normalized spacial score (nSPS) is 12.2. The van der Waals surface area contributed by atoms with E-state index < -0.39 is 6.04 Å². The van der Waals surface area contributed by atoms with E-state index in [9.17, 15) is 4.79 Å². The molecule has 2 heterocycles. The van der Waals surface area contributed by atoms with E-state index in [2.05, 4.69) is 31.4 Å². The number of aryl methyl sites for hydroxylation is 1. The van der Waals surface area contributed by atoms with Crippen molar-refractivity contribution in [2.24, 2.45) is 0 Å². The maximum Gasteiger partial charge on any atom is 0.250 e. The highest BCUT2D eigenvalue weighted by Crippen LogP contribution is 2.23. The fourth-order valence-corrected chi connectivity index (χ4v) is 2.96. The van der Waals surface area contributed by atoms with Gasteiger partial charge in [0.1, 0.15) is 6.04 Å². The Morgan fingerprint density at radius 1 is 1.36 bits per heavy atom. The molecule has 25 heavy (non-hydrogen) atoms. The van der Waals surface area contributed by atoms with Crippen LogP contribution in [0.1, 0.15) is 24.1 Å². The number of benzene rings is 1. The Morgan fingerprint density at radius 3 is 2.80 bits per heavy atom. The molecule has 6 nitrogen and oxygen atoms in total. The number of carbonyl (C=O) groups excluding carboxylic acids is 1. The van der Waals surface area contributed by atoms with E-state index in [-0.39, 0.29) is 5.91 Å². The van der Waals surface area contributed by atoms with Gasteiger partial charge in [-0.1, -0.05) is 29.8 Å². The van der Waals surface area contributed by atoms with Crippen molar-refractivity contribution in [3.8, 4) is 0 Å². The van der Waals surface area contributed by atoms with Crippen LogP contribution < -0.4 is 5.32 Å². The lowest BCUT2D eigenvalue weighted by molar-refractivity contribution is -0.119. The summed E-state index contributed by atoms with van der Waals surface area (Å²) in [7, 11) is 0. The van der Waals surface area contributed by atoms with Gasteiger partial charge in [0.2, 0.25) is 5.91 Å². The van der Waals surface area contributed by atoms with Gasteiger partial charge in [-0.25, -0.2) is 0 Å². The summed E-state index contributed by atoms with van der Waals surface area (Å²) in [5, 5.41) is 12.1. The third-order valence-corrected chi connectivity index (χ3v) is 4.70. The number of hydrogen-bond acceptors (Lipinski definition) is 3. The molecule has 0 radical (unpaired) electrons. The number of halogens is 2. The molecule has 0 aliphatic rings. The van der Waals surface area contributed by atoms with Gasteiger partial charge < -0.3 is 5.32 Å². The maximum absolute atomic E-state index is 12.4. The van der Waals surface area contributed by atoms with Crippen LogP contribution in [0.2, 0.25) is 5.02 Å². The van der Waals surface area contributed by atoms with Crippen LogP contribution in [-0.4, -0.2) is 25.5 Å². The van der Waals surface area contributed by atoms with E-state index in [1.165, 1.54) is 0 Å². The third kappa shape index (κ3) is 4.11. The second-order valence-corrected chi connectivity index (χ2v) is 7.04. The average Bonchev–Trinajstić information content (AvgIpc) is 3.15. The average molecular weight is 423 g/mol. The maximum atomic E-state index is 12.4. The van der Waals surface area contributed by atoms with Gasteiger partial charge in [0.15, 0.2) is 5.82 Å². The minimum atomic E-state index is -0.436. The third-order valence-electron chi connectivity index (χ3n) is 3.76. The molecular weight excluding hydrogens is 406 g/mol. The lowest BCUT2D eigenvalue weighted by Crippen LogP contribution is -2.24. The topological polar surface area (TPSA) is 64.7 Å². The first-order valence-electron chi connectivity index (χ1n) is 7.72. The van der Waals surface area contributed by atoms with Crippen LogP contribution in [0.3, 0.4) is 0 Å². The highest BCUT2D eigenvalue weighted by Gasteiger charge is 2.18. The van der Waals surface area contributed by atoms with Gasteiger partial charge in [-0.05, 0) is 47.0 Å². The predicted molar refractivity (Wildman–Crippen MR) is 101 cm³/mol. The Bertz CT molecular complexity index is 904. The van der Waals surface area contributed by atoms with Crippen LogP contribution in [0.25, 0.3) is 0 Å². The molecule has 3 rings (SSSR count). The Hall–Kier alpha value is -2.12. The summed E-state index contributed by atoms with van der Waals surface area (Å²) < 4.78 is 4.06. The van der Waals surface area contributed by atoms with Crippen molar-refractivity contribution in [3.63, 3.8) is 0 Å². The largest absolute Gasteiger partial charge is 0.306 e. The van der Waals surface area contributed by atoms with Crippen LogP contribution in [0.15, 0.2) is 47.3 Å². The number of amides is 1. The molecule has 3 aromatic rings. The Kier molecular flexibility index (Phi) is 5.24. The van der Waals surface area contributed by atoms with Crippen molar-refractivity contribution in [2.45, 2.75) is 26.4 Å². The Labute approximate surface area is 158 Å². The molecular formula is C17H17BrClN5O. The molecule has 0 spiro atoms. The summed E-state index contributed by atoms with van der Waals surface area (Å²) >= 11 is 9.62. The molecule has 0 saturated carbocycles.